The minimum atomic E-state index is -0.163. The van der Waals surface area contributed by atoms with Gasteiger partial charge >= 0.3 is 0 Å². The van der Waals surface area contributed by atoms with Gasteiger partial charge in [-0.3, -0.25) is 9.59 Å². The lowest BCUT2D eigenvalue weighted by atomic mass is 10.1. The summed E-state index contributed by atoms with van der Waals surface area (Å²) in [6.07, 6.45) is 4.44. The SMILES string of the molecule is O=C(Nc1ccc(N2CCCC2)c(C(=O)N2CCCC2)c1)c1ccccc1. The van der Waals surface area contributed by atoms with E-state index in [2.05, 4.69) is 10.2 Å². The van der Waals surface area contributed by atoms with Crippen molar-refractivity contribution in [3.05, 3.63) is 59.7 Å². The van der Waals surface area contributed by atoms with Crippen LogP contribution in [-0.2, 0) is 0 Å². The summed E-state index contributed by atoms with van der Waals surface area (Å²) in [7, 11) is 0. The van der Waals surface area contributed by atoms with Crippen LogP contribution in [0.1, 0.15) is 46.4 Å². The van der Waals surface area contributed by atoms with Crippen LogP contribution in [-0.4, -0.2) is 42.9 Å². The third-order valence-corrected chi connectivity index (χ3v) is 5.36. The standard InChI is InChI=1S/C22H25N3O2/c26-21(17-8-2-1-3-9-17)23-18-10-11-20(24-12-4-5-13-24)19(16-18)22(27)25-14-6-7-15-25/h1-3,8-11,16H,4-7,12-15H2,(H,23,26). The minimum Gasteiger partial charge on any atom is -0.371 e. The lowest BCUT2D eigenvalue weighted by Crippen LogP contribution is -2.30. The van der Waals surface area contributed by atoms with Crippen LogP contribution in [0.2, 0.25) is 0 Å². The Morgan fingerprint density at radius 3 is 2.19 bits per heavy atom. The van der Waals surface area contributed by atoms with Crippen LogP contribution in [0.25, 0.3) is 0 Å². The summed E-state index contributed by atoms with van der Waals surface area (Å²) in [6.45, 7) is 3.60. The molecule has 0 saturated carbocycles. The van der Waals surface area contributed by atoms with Crippen molar-refractivity contribution >= 4 is 23.2 Å². The Labute approximate surface area is 160 Å². The predicted octanol–water partition coefficient (Wildman–Crippen LogP) is 3.78. The number of carbonyl (C=O) groups excluding carboxylic acids is 2. The van der Waals surface area contributed by atoms with Gasteiger partial charge in [0.05, 0.1) is 5.56 Å². The molecular formula is C22H25N3O2. The van der Waals surface area contributed by atoms with Gasteiger partial charge in [0, 0.05) is 43.1 Å². The van der Waals surface area contributed by atoms with Crippen LogP contribution in [0.4, 0.5) is 11.4 Å². The van der Waals surface area contributed by atoms with E-state index in [1.807, 2.05) is 41.3 Å². The van der Waals surface area contributed by atoms with Crippen molar-refractivity contribution in [1.82, 2.24) is 4.90 Å². The largest absolute Gasteiger partial charge is 0.371 e. The summed E-state index contributed by atoms with van der Waals surface area (Å²) in [5.74, 6) is -0.0886. The molecule has 0 aromatic heterocycles. The zero-order chi connectivity index (χ0) is 18.6. The van der Waals surface area contributed by atoms with Crippen LogP contribution < -0.4 is 10.2 Å². The molecule has 0 spiro atoms. The molecule has 2 amide bonds. The maximum absolute atomic E-state index is 13.1. The molecule has 0 unspecified atom stereocenters. The first-order valence-electron chi connectivity index (χ1n) is 9.77. The molecule has 2 aliphatic heterocycles. The van der Waals surface area contributed by atoms with E-state index in [0.717, 1.165) is 57.5 Å². The highest BCUT2D eigenvalue weighted by molar-refractivity contribution is 6.06. The summed E-state index contributed by atoms with van der Waals surface area (Å²) in [4.78, 5) is 29.8. The van der Waals surface area contributed by atoms with E-state index in [0.29, 0.717) is 16.8 Å². The first-order valence-corrected chi connectivity index (χ1v) is 9.77. The average molecular weight is 363 g/mol. The van der Waals surface area contributed by atoms with Crippen LogP contribution in [0.5, 0.6) is 0 Å². The van der Waals surface area contributed by atoms with Gasteiger partial charge in [0.2, 0.25) is 0 Å². The Bertz CT molecular complexity index is 823. The van der Waals surface area contributed by atoms with Gasteiger partial charge in [0.1, 0.15) is 0 Å². The number of anilines is 2. The van der Waals surface area contributed by atoms with Gasteiger partial charge in [-0.25, -0.2) is 0 Å². The summed E-state index contributed by atoms with van der Waals surface area (Å²) in [6, 6.07) is 14.9. The predicted molar refractivity (Wildman–Crippen MR) is 107 cm³/mol. The number of benzene rings is 2. The van der Waals surface area contributed by atoms with Gasteiger partial charge in [0.15, 0.2) is 0 Å². The minimum absolute atomic E-state index is 0.0743. The van der Waals surface area contributed by atoms with Crippen molar-refractivity contribution in [3.8, 4) is 0 Å². The van der Waals surface area contributed by atoms with E-state index in [1.54, 1.807) is 12.1 Å². The van der Waals surface area contributed by atoms with Gasteiger partial charge in [-0.2, -0.15) is 0 Å². The molecule has 5 heteroatoms. The lowest BCUT2D eigenvalue weighted by Gasteiger charge is -2.24. The molecule has 0 aliphatic carbocycles. The third kappa shape index (κ3) is 3.82. The fraction of sp³-hybridized carbons (Fsp3) is 0.364. The second-order valence-corrected chi connectivity index (χ2v) is 7.25. The Morgan fingerprint density at radius 1 is 0.815 bits per heavy atom. The highest BCUT2D eigenvalue weighted by atomic mass is 16.2. The smallest absolute Gasteiger partial charge is 0.256 e. The number of hydrogen-bond acceptors (Lipinski definition) is 3. The zero-order valence-corrected chi connectivity index (χ0v) is 15.5. The van der Waals surface area contributed by atoms with Crippen molar-refractivity contribution in [2.24, 2.45) is 0 Å². The molecule has 5 nitrogen and oxygen atoms in total. The molecule has 2 aromatic carbocycles. The first kappa shape index (κ1) is 17.6. The van der Waals surface area contributed by atoms with E-state index >= 15 is 0 Å². The molecule has 1 N–H and O–H groups in total. The molecule has 2 aliphatic rings. The van der Waals surface area contributed by atoms with E-state index in [9.17, 15) is 9.59 Å². The number of nitrogens with one attached hydrogen (secondary N) is 1. The Hall–Kier alpha value is -2.82. The second kappa shape index (κ2) is 7.82. The van der Waals surface area contributed by atoms with E-state index in [4.69, 9.17) is 0 Å². The van der Waals surface area contributed by atoms with Crippen molar-refractivity contribution in [3.63, 3.8) is 0 Å². The average Bonchev–Trinajstić information content (AvgIpc) is 3.42. The number of likely N-dealkylation sites (tertiary alicyclic amines) is 1. The molecule has 0 atom stereocenters. The number of amides is 2. The molecule has 0 bridgehead atoms. The van der Waals surface area contributed by atoms with Crippen molar-refractivity contribution in [2.75, 3.05) is 36.4 Å². The second-order valence-electron chi connectivity index (χ2n) is 7.25. The molecule has 27 heavy (non-hydrogen) atoms. The summed E-state index contributed by atoms with van der Waals surface area (Å²) < 4.78 is 0. The molecule has 140 valence electrons. The lowest BCUT2D eigenvalue weighted by molar-refractivity contribution is 0.0793. The summed E-state index contributed by atoms with van der Waals surface area (Å²) in [5.41, 5.74) is 2.95. The Kier molecular flexibility index (Phi) is 5.10. The van der Waals surface area contributed by atoms with Crippen molar-refractivity contribution in [2.45, 2.75) is 25.7 Å². The Balaban J connectivity index is 1.62. The molecule has 2 saturated heterocycles. The number of nitrogens with zero attached hydrogens (tertiary/aromatic N) is 2. The summed E-state index contributed by atoms with van der Waals surface area (Å²) in [5, 5.41) is 2.93. The number of carbonyl (C=O) groups is 2. The fourth-order valence-corrected chi connectivity index (χ4v) is 3.90. The maximum Gasteiger partial charge on any atom is 0.256 e. The number of rotatable bonds is 4. The summed E-state index contributed by atoms with van der Waals surface area (Å²) >= 11 is 0. The van der Waals surface area contributed by atoms with Gasteiger partial charge in [-0.05, 0) is 56.0 Å². The van der Waals surface area contributed by atoms with Crippen LogP contribution in [0, 0.1) is 0 Å². The van der Waals surface area contributed by atoms with E-state index in [1.165, 1.54) is 0 Å². The van der Waals surface area contributed by atoms with Gasteiger partial charge < -0.3 is 15.1 Å². The molecule has 0 radical (unpaired) electrons. The molecular weight excluding hydrogens is 338 g/mol. The molecule has 4 rings (SSSR count). The van der Waals surface area contributed by atoms with Crippen LogP contribution >= 0.6 is 0 Å². The molecule has 2 aromatic rings. The topological polar surface area (TPSA) is 52.7 Å². The van der Waals surface area contributed by atoms with Crippen LogP contribution in [0.15, 0.2) is 48.5 Å². The fourth-order valence-electron chi connectivity index (χ4n) is 3.90. The highest BCUT2D eigenvalue weighted by Crippen LogP contribution is 2.29. The quantitative estimate of drug-likeness (QED) is 0.899. The van der Waals surface area contributed by atoms with E-state index < -0.39 is 0 Å². The van der Waals surface area contributed by atoms with Gasteiger partial charge in [-0.1, -0.05) is 18.2 Å². The molecule has 2 heterocycles. The molecule has 2 fully saturated rings. The number of hydrogen-bond donors (Lipinski definition) is 1. The maximum atomic E-state index is 13.1. The van der Waals surface area contributed by atoms with Crippen molar-refractivity contribution in [1.29, 1.82) is 0 Å². The highest BCUT2D eigenvalue weighted by Gasteiger charge is 2.25. The van der Waals surface area contributed by atoms with Crippen LogP contribution in [0.3, 0.4) is 0 Å². The Morgan fingerprint density at radius 2 is 1.48 bits per heavy atom. The van der Waals surface area contributed by atoms with E-state index in [-0.39, 0.29) is 11.8 Å². The zero-order valence-electron chi connectivity index (χ0n) is 15.5. The first-order chi connectivity index (χ1) is 13.2. The van der Waals surface area contributed by atoms with Gasteiger partial charge in [-0.15, -0.1) is 0 Å². The normalized spacial score (nSPS) is 16.6. The van der Waals surface area contributed by atoms with Crippen molar-refractivity contribution < 1.29 is 9.59 Å². The third-order valence-electron chi connectivity index (χ3n) is 5.36. The van der Waals surface area contributed by atoms with Gasteiger partial charge in [0.25, 0.3) is 11.8 Å². The monoisotopic (exact) mass is 363 g/mol.